The predicted molar refractivity (Wildman–Crippen MR) is 94.2 cm³/mol. The first-order valence-corrected chi connectivity index (χ1v) is 8.22. The zero-order valence-electron chi connectivity index (χ0n) is 13.2. The number of para-hydroxylation sites is 1. The molecule has 24 heavy (non-hydrogen) atoms. The Balaban J connectivity index is 1.68. The second-order valence-electron chi connectivity index (χ2n) is 5.33. The molecule has 0 radical (unpaired) electrons. The highest BCUT2D eigenvalue weighted by Gasteiger charge is 2.17. The van der Waals surface area contributed by atoms with Gasteiger partial charge in [0.2, 0.25) is 0 Å². The van der Waals surface area contributed by atoms with Crippen molar-refractivity contribution in [2.75, 3.05) is 5.32 Å². The zero-order chi connectivity index (χ0) is 17.1. The molecular formula is C18H15N3O2S. The van der Waals surface area contributed by atoms with Crippen LogP contribution in [0.5, 0.6) is 5.75 Å². The lowest BCUT2D eigenvalue weighted by Crippen LogP contribution is -2.30. The van der Waals surface area contributed by atoms with Crippen LogP contribution in [0.3, 0.4) is 0 Å². The van der Waals surface area contributed by atoms with E-state index in [9.17, 15) is 4.79 Å². The van der Waals surface area contributed by atoms with Crippen LogP contribution in [0, 0.1) is 18.3 Å². The molecule has 2 aromatic carbocycles. The number of fused-ring (bicyclic) bond motifs is 1. The third-order valence-electron chi connectivity index (χ3n) is 3.52. The van der Waals surface area contributed by atoms with Crippen molar-refractivity contribution in [1.82, 2.24) is 4.98 Å². The number of nitrogens with one attached hydrogen (secondary N) is 1. The van der Waals surface area contributed by atoms with Crippen molar-refractivity contribution in [3.8, 4) is 11.8 Å². The fourth-order valence-corrected chi connectivity index (χ4v) is 3.16. The first-order chi connectivity index (χ1) is 11.6. The zero-order valence-corrected chi connectivity index (χ0v) is 14.1. The highest BCUT2D eigenvalue weighted by molar-refractivity contribution is 7.22. The number of hydrogen-bond donors (Lipinski definition) is 1. The minimum absolute atomic E-state index is 0.268. The van der Waals surface area contributed by atoms with E-state index in [1.165, 1.54) is 11.3 Å². The summed E-state index contributed by atoms with van der Waals surface area (Å²) in [5.74, 6) is 0.271. The van der Waals surface area contributed by atoms with Gasteiger partial charge in [-0.1, -0.05) is 23.5 Å². The monoisotopic (exact) mass is 337 g/mol. The normalized spacial score (nSPS) is 11.7. The largest absolute Gasteiger partial charge is 0.481 e. The van der Waals surface area contributed by atoms with Crippen LogP contribution in [0.25, 0.3) is 10.2 Å². The number of carbonyl (C=O) groups is 1. The molecule has 1 heterocycles. The Labute approximate surface area is 143 Å². The lowest BCUT2D eigenvalue weighted by atomic mass is 10.2. The molecule has 0 fully saturated rings. The number of anilines is 1. The Bertz CT molecular complexity index is 926. The Morgan fingerprint density at radius 2 is 2.04 bits per heavy atom. The van der Waals surface area contributed by atoms with Crippen LogP contribution in [-0.2, 0) is 4.79 Å². The van der Waals surface area contributed by atoms with Gasteiger partial charge < -0.3 is 4.74 Å². The average Bonchev–Trinajstić information content (AvgIpc) is 2.99. The number of aryl methyl sites for hydroxylation is 1. The highest BCUT2D eigenvalue weighted by Crippen LogP contribution is 2.28. The SMILES string of the molecule is Cc1cccc2sc(NC(=O)[C@H](C)Oc3ccc(C#N)cc3)nc12. The summed E-state index contributed by atoms with van der Waals surface area (Å²) in [7, 11) is 0. The Morgan fingerprint density at radius 3 is 2.71 bits per heavy atom. The molecule has 0 aliphatic rings. The summed E-state index contributed by atoms with van der Waals surface area (Å²) in [5.41, 5.74) is 2.52. The van der Waals surface area contributed by atoms with Crippen LogP contribution < -0.4 is 10.1 Å². The van der Waals surface area contributed by atoms with E-state index in [0.29, 0.717) is 16.4 Å². The molecule has 0 spiro atoms. The van der Waals surface area contributed by atoms with Crippen molar-refractivity contribution in [2.45, 2.75) is 20.0 Å². The van der Waals surface area contributed by atoms with E-state index in [-0.39, 0.29) is 5.91 Å². The fraction of sp³-hybridized carbons (Fsp3) is 0.167. The molecule has 1 N–H and O–H groups in total. The van der Waals surface area contributed by atoms with Gasteiger partial charge in [-0.05, 0) is 49.7 Å². The molecule has 0 aliphatic heterocycles. The Kier molecular flexibility index (Phi) is 4.45. The van der Waals surface area contributed by atoms with Gasteiger partial charge in [0.25, 0.3) is 5.91 Å². The molecule has 0 saturated carbocycles. The molecule has 0 aliphatic carbocycles. The highest BCUT2D eigenvalue weighted by atomic mass is 32.1. The second kappa shape index (κ2) is 6.69. The number of benzene rings is 2. The van der Waals surface area contributed by atoms with Crippen LogP contribution >= 0.6 is 11.3 Å². The van der Waals surface area contributed by atoms with Gasteiger partial charge in [0.1, 0.15) is 5.75 Å². The third-order valence-corrected chi connectivity index (χ3v) is 4.45. The number of rotatable bonds is 4. The standard InChI is InChI=1S/C18H15N3O2S/c1-11-4-3-5-15-16(11)20-18(24-15)21-17(22)12(2)23-14-8-6-13(10-19)7-9-14/h3-9,12H,1-2H3,(H,20,21,22)/t12-/m0/s1. The molecule has 0 bridgehead atoms. The van der Waals surface area contributed by atoms with Gasteiger partial charge in [-0.3, -0.25) is 10.1 Å². The van der Waals surface area contributed by atoms with Crippen molar-refractivity contribution < 1.29 is 9.53 Å². The summed E-state index contributed by atoms with van der Waals surface area (Å²) in [6.07, 6.45) is -0.675. The number of nitriles is 1. The van der Waals surface area contributed by atoms with Crippen LogP contribution in [-0.4, -0.2) is 17.0 Å². The molecule has 0 saturated heterocycles. The number of amides is 1. The fourth-order valence-electron chi connectivity index (χ4n) is 2.21. The summed E-state index contributed by atoms with van der Waals surface area (Å²) in [4.78, 5) is 16.7. The lowest BCUT2D eigenvalue weighted by molar-refractivity contribution is -0.122. The average molecular weight is 337 g/mol. The van der Waals surface area contributed by atoms with Gasteiger partial charge in [-0.25, -0.2) is 4.98 Å². The summed E-state index contributed by atoms with van der Waals surface area (Å²) in [5, 5.41) is 12.1. The predicted octanol–water partition coefficient (Wildman–Crippen LogP) is 3.88. The second-order valence-corrected chi connectivity index (χ2v) is 6.36. The number of hydrogen-bond acceptors (Lipinski definition) is 5. The summed E-state index contributed by atoms with van der Waals surface area (Å²) >= 11 is 1.43. The Morgan fingerprint density at radius 1 is 1.29 bits per heavy atom. The van der Waals surface area contributed by atoms with E-state index in [1.54, 1.807) is 31.2 Å². The summed E-state index contributed by atoms with van der Waals surface area (Å²) < 4.78 is 6.63. The molecule has 1 amide bonds. The molecule has 3 rings (SSSR count). The first-order valence-electron chi connectivity index (χ1n) is 7.40. The topological polar surface area (TPSA) is 75.0 Å². The number of aromatic nitrogens is 1. The van der Waals surface area contributed by atoms with E-state index < -0.39 is 6.10 Å². The van der Waals surface area contributed by atoms with Crippen molar-refractivity contribution >= 4 is 32.6 Å². The van der Waals surface area contributed by atoms with Crippen molar-refractivity contribution in [1.29, 1.82) is 5.26 Å². The molecule has 1 atom stereocenters. The maximum absolute atomic E-state index is 12.3. The summed E-state index contributed by atoms with van der Waals surface area (Å²) in [6, 6.07) is 14.6. The van der Waals surface area contributed by atoms with Crippen LogP contribution in [0.4, 0.5) is 5.13 Å². The molecule has 5 nitrogen and oxygen atoms in total. The maximum atomic E-state index is 12.3. The van der Waals surface area contributed by atoms with E-state index >= 15 is 0 Å². The van der Waals surface area contributed by atoms with Gasteiger partial charge in [-0.15, -0.1) is 0 Å². The number of carbonyl (C=O) groups excluding carboxylic acids is 1. The van der Waals surface area contributed by atoms with Crippen molar-refractivity contribution in [3.05, 3.63) is 53.6 Å². The third kappa shape index (κ3) is 3.36. The molecule has 0 unspecified atom stereocenters. The molecule has 3 aromatic rings. The molecule has 120 valence electrons. The number of nitrogens with zero attached hydrogens (tertiary/aromatic N) is 2. The van der Waals surface area contributed by atoms with Gasteiger partial charge >= 0.3 is 0 Å². The smallest absolute Gasteiger partial charge is 0.266 e. The van der Waals surface area contributed by atoms with Gasteiger partial charge in [0.05, 0.1) is 21.8 Å². The molecular weight excluding hydrogens is 322 g/mol. The van der Waals surface area contributed by atoms with Gasteiger partial charge in [-0.2, -0.15) is 5.26 Å². The minimum Gasteiger partial charge on any atom is -0.481 e. The number of thiazole rings is 1. The van der Waals surface area contributed by atoms with E-state index in [2.05, 4.69) is 10.3 Å². The Hall–Kier alpha value is -2.91. The maximum Gasteiger partial charge on any atom is 0.266 e. The van der Waals surface area contributed by atoms with E-state index in [1.807, 2.05) is 31.2 Å². The quantitative estimate of drug-likeness (QED) is 0.784. The van der Waals surface area contributed by atoms with E-state index in [4.69, 9.17) is 10.00 Å². The molecule has 6 heteroatoms. The summed E-state index contributed by atoms with van der Waals surface area (Å²) in [6.45, 7) is 3.66. The van der Waals surface area contributed by atoms with Crippen LogP contribution in [0.1, 0.15) is 18.1 Å². The van der Waals surface area contributed by atoms with Crippen LogP contribution in [0.15, 0.2) is 42.5 Å². The minimum atomic E-state index is -0.675. The van der Waals surface area contributed by atoms with Crippen molar-refractivity contribution in [2.24, 2.45) is 0 Å². The van der Waals surface area contributed by atoms with E-state index in [0.717, 1.165) is 15.8 Å². The molecule has 1 aromatic heterocycles. The van der Waals surface area contributed by atoms with Crippen LogP contribution in [0.2, 0.25) is 0 Å². The first kappa shape index (κ1) is 16.0. The van der Waals surface area contributed by atoms with Crippen molar-refractivity contribution in [3.63, 3.8) is 0 Å². The van der Waals surface area contributed by atoms with Gasteiger partial charge in [0.15, 0.2) is 11.2 Å². The number of ether oxygens (including phenoxy) is 1. The lowest BCUT2D eigenvalue weighted by Gasteiger charge is -2.13. The van der Waals surface area contributed by atoms with Gasteiger partial charge in [0, 0.05) is 0 Å².